The van der Waals surface area contributed by atoms with Crippen LogP contribution in [-0.4, -0.2) is 6.04 Å². The van der Waals surface area contributed by atoms with Gasteiger partial charge in [-0.2, -0.15) is 0 Å². The fourth-order valence-electron chi connectivity index (χ4n) is 2.49. The normalized spacial score (nSPS) is 24.1. The van der Waals surface area contributed by atoms with Gasteiger partial charge in [-0.15, -0.1) is 0 Å². The van der Waals surface area contributed by atoms with Gasteiger partial charge in [-0.25, -0.2) is 4.39 Å². The van der Waals surface area contributed by atoms with Crippen LogP contribution in [0.1, 0.15) is 44.7 Å². The molecule has 1 aliphatic rings. The van der Waals surface area contributed by atoms with Gasteiger partial charge in [0.1, 0.15) is 5.82 Å². The van der Waals surface area contributed by atoms with E-state index in [1.165, 1.54) is 25.3 Å². The number of halogens is 3. The van der Waals surface area contributed by atoms with Crippen LogP contribution < -0.4 is 5.32 Å². The highest BCUT2D eigenvalue weighted by Crippen LogP contribution is 2.38. The summed E-state index contributed by atoms with van der Waals surface area (Å²) in [5.74, 6) is 0.342. The van der Waals surface area contributed by atoms with Gasteiger partial charge in [0, 0.05) is 22.7 Å². The van der Waals surface area contributed by atoms with E-state index in [2.05, 4.69) is 12.2 Å². The quantitative estimate of drug-likeness (QED) is 0.755. The van der Waals surface area contributed by atoms with Crippen molar-refractivity contribution in [2.24, 2.45) is 5.92 Å². The van der Waals surface area contributed by atoms with E-state index in [1.54, 1.807) is 6.07 Å². The molecule has 0 radical (unpaired) electrons. The molecule has 4 heteroatoms. The number of hydrogen-bond acceptors (Lipinski definition) is 1. The molecule has 0 amide bonds. The minimum Gasteiger partial charge on any atom is -0.307 e. The fourth-order valence-corrected chi connectivity index (χ4v) is 3.18. The zero-order valence-electron chi connectivity index (χ0n) is 10.6. The van der Waals surface area contributed by atoms with E-state index in [0.29, 0.717) is 16.6 Å². The lowest BCUT2D eigenvalue weighted by Crippen LogP contribution is -2.23. The fraction of sp³-hybridized carbons (Fsp3) is 0.571. The summed E-state index contributed by atoms with van der Waals surface area (Å²) in [4.78, 5) is 0. The molecule has 0 spiro atoms. The Hall–Kier alpha value is -0.310. The van der Waals surface area contributed by atoms with E-state index in [4.69, 9.17) is 23.2 Å². The zero-order chi connectivity index (χ0) is 13.3. The summed E-state index contributed by atoms with van der Waals surface area (Å²) in [5, 5.41) is 4.14. The molecule has 1 aliphatic carbocycles. The topological polar surface area (TPSA) is 12.0 Å². The van der Waals surface area contributed by atoms with E-state index in [9.17, 15) is 4.39 Å². The molecule has 0 aromatic heterocycles. The van der Waals surface area contributed by atoms with Gasteiger partial charge in [-0.3, -0.25) is 0 Å². The van der Waals surface area contributed by atoms with Gasteiger partial charge < -0.3 is 5.32 Å². The maximum Gasteiger partial charge on any atom is 0.142 e. The monoisotopic (exact) mass is 289 g/mol. The molecule has 3 atom stereocenters. The Kier molecular flexibility index (Phi) is 4.52. The van der Waals surface area contributed by atoms with Crippen LogP contribution in [0.4, 0.5) is 4.39 Å². The molecule has 1 fully saturated rings. The van der Waals surface area contributed by atoms with Crippen LogP contribution in [0.3, 0.4) is 0 Å². The van der Waals surface area contributed by atoms with Crippen LogP contribution in [0, 0.1) is 11.7 Å². The lowest BCUT2D eigenvalue weighted by Gasteiger charge is -2.17. The first-order valence-electron chi connectivity index (χ1n) is 6.44. The summed E-state index contributed by atoms with van der Waals surface area (Å²) in [5.41, 5.74) is 0.667. The zero-order valence-corrected chi connectivity index (χ0v) is 12.2. The van der Waals surface area contributed by atoms with E-state index in [-0.39, 0.29) is 11.1 Å². The van der Waals surface area contributed by atoms with Gasteiger partial charge in [0.15, 0.2) is 0 Å². The Labute approximate surface area is 118 Å². The maximum atomic E-state index is 13.5. The minimum atomic E-state index is -0.411. The van der Waals surface area contributed by atoms with Crippen molar-refractivity contribution in [2.75, 3.05) is 0 Å². The molecule has 18 heavy (non-hydrogen) atoms. The van der Waals surface area contributed by atoms with Gasteiger partial charge >= 0.3 is 0 Å². The molecular weight excluding hydrogens is 272 g/mol. The Morgan fingerprint density at radius 3 is 2.83 bits per heavy atom. The standard InChI is InChI=1S/C14H18Cl2FN/c1-3-4-9-7-12(9)18-8(2)13-10(15)5-6-11(17)14(13)16/h5-6,8-9,12,18H,3-4,7H2,1-2H3. The second-order valence-electron chi connectivity index (χ2n) is 5.04. The van der Waals surface area contributed by atoms with Crippen molar-refractivity contribution < 1.29 is 4.39 Å². The predicted octanol–water partition coefficient (Wildman–Crippen LogP) is 4.97. The van der Waals surface area contributed by atoms with Crippen LogP contribution in [0.15, 0.2) is 12.1 Å². The lowest BCUT2D eigenvalue weighted by atomic mass is 10.1. The van der Waals surface area contributed by atoms with Crippen LogP contribution >= 0.6 is 23.2 Å². The second-order valence-corrected chi connectivity index (χ2v) is 5.82. The Morgan fingerprint density at radius 2 is 2.17 bits per heavy atom. The van der Waals surface area contributed by atoms with Crippen molar-refractivity contribution in [2.45, 2.75) is 45.2 Å². The van der Waals surface area contributed by atoms with Crippen molar-refractivity contribution in [1.82, 2.24) is 5.32 Å². The molecule has 0 bridgehead atoms. The number of nitrogens with one attached hydrogen (secondary N) is 1. The van der Waals surface area contributed by atoms with E-state index >= 15 is 0 Å². The number of benzene rings is 1. The molecule has 1 saturated carbocycles. The summed E-state index contributed by atoms with van der Waals surface area (Å²) in [7, 11) is 0. The van der Waals surface area contributed by atoms with Crippen molar-refractivity contribution in [3.8, 4) is 0 Å². The molecule has 1 aromatic carbocycles. The SMILES string of the molecule is CCCC1CC1NC(C)c1c(Cl)ccc(F)c1Cl. The largest absolute Gasteiger partial charge is 0.307 e. The van der Waals surface area contributed by atoms with Crippen LogP contribution in [0.2, 0.25) is 10.0 Å². The number of rotatable bonds is 5. The first-order chi connectivity index (χ1) is 8.54. The van der Waals surface area contributed by atoms with Gasteiger partial charge in [-0.05, 0) is 37.8 Å². The maximum absolute atomic E-state index is 13.5. The molecule has 2 rings (SSSR count). The molecule has 1 N–H and O–H groups in total. The van der Waals surface area contributed by atoms with Crippen molar-refractivity contribution >= 4 is 23.2 Å². The molecule has 100 valence electrons. The molecule has 1 nitrogen and oxygen atoms in total. The third-order valence-corrected chi connectivity index (χ3v) is 4.27. The van der Waals surface area contributed by atoms with E-state index in [0.717, 1.165) is 5.92 Å². The van der Waals surface area contributed by atoms with Crippen LogP contribution in [0.25, 0.3) is 0 Å². The Balaban J connectivity index is 2.06. The highest BCUT2D eigenvalue weighted by Gasteiger charge is 2.37. The van der Waals surface area contributed by atoms with Crippen LogP contribution in [-0.2, 0) is 0 Å². The minimum absolute atomic E-state index is 0.0208. The summed E-state index contributed by atoms with van der Waals surface area (Å²) in [6.45, 7) is 4.17. The van der Waals surface area contributed by atoms with Crippen molar-refractivity contribution in [3.63, 3.8) is 0 Å². The van der Waals surface area contributed by atoms with Gasteiger partial charge in [-0.1, -0.05) is 36.5 Å². The van der Waals surface area contributed by atoms with Gasteiger partial charge in [0.05, 0.1) is 5.02 Å². The van der Waals surface area contributed by atoms with Gasteiger partial charge in [0.25, 0.3) is 0 Å². The lowest BCUT2D eigenvalue weighted by molar-refractivity contribution is 0.526. The molecule has 0 aliphatic heterocycles. The van der Waals surface area contributed by atoms with E-state index in [1.807, 2.05) is 6.92 Å². The average molecular weight is 290 g/mol. The highest BCUT2D eigenvalue weighted by molar-refractivity contribution is 6.36. The first kappa shape index (κ1) is 14.1. The molecule has 3 unspecified atom stereocenters. The summed E-state index contributed by atoms with van der Waals surface area (Å²) < 4.78 is 13.5. The van der Waals surface area contributed by atoms with Crippen LogP contribution in [0.5, 0.6) is 0 Å². The number of hydrogen-bond donors (Lipinski definition) is 1. The summed E-state index contributed by atoms with van der Waals surface area (Å²) >= 11 is 12.1. The van der Waals surface area contributed by atoms with E-state index < -0.39 is 5.82 Å². The molecular formula is C14H18Cl2FN. The second kappa shape index (κ2) is 5.77. The highest BCUT2D eigenvalue weighted by atomic mass is 35.5. The molecule has 0 heterocycles. The Bertz CT molecular complexity index is 436. The van der Waals surface area contributed by atoms with Crippen molar-refractivity contribution in [1.29, 1.82) is 0 Å². The first-order valence-corrected chi connectivity index (χ1v) is 7.19. The summed E-state index contributed by atoms with van der Waals surface area (Å²) in [6.07, 6.45) is 3.65. The average Bonchev–Trinajstić information content (AvgIpc) is 3.03. The third-order valence-electron chi connectivity index (χ3n) is 3.56. The van der Waals surface area contributed by atoms with Gasteiger partial charge in [0.2, 0.25) is 0 Å². The molecule has 0 saturated heterocycles. The van der Waals surface area contributed by atoms with Crippen molar-refractivity contribution in [3.05, 3.63) is 33.6 Å². The smallest absolute Gasteiger partial charge is 0.142 e. The molecule has 1 aromatic rings. The predicted molar refractivity (Wildman–Crippen MR) is 74.8 cm³/mol. The third kappa shape index (κ3) is 2.98. The Morgan fingerprint density at radius 1 is 1.44 bits per heavy atom. The summed E-state index contributed by atoms with van der Waals surface area (Å²) in [6, 6.07) is 3.37.